The van der Waals surface area contributed by atoms with Crippen LogP contribution in [0.4, 0.5) is 0 Å². The molecule has 0 bridgehead atoms. The smallest absolute Gasteiger partial charge is 0.251 e. The molecule has 0 aliphatic rings. The van der Waals surface area contributed by atoms with Crippen LogP contribution < -0.4 is 5.32 Å². The van der Waals surface area contributed by atoms with Crippen LogP contribution in [0.25, 0.3) is 0 Å². The molecule has 0 unspecified atom stereocenters. The summed E-state index contributed by atoms with van der Waals surface area (Å²) in [6.45, 7) is 6.13. The van der Waals surface area contributed by atoms with Crippen LogP contribution in [0.3, 0.4) is 0 Å². The fourth-order valence-corrected chi connectivity index (χ4v) is 3.91. The number of amides is 1. The molecule has 1 heterocycles. The van der Waals surface area contributed by atoms with Crippen molar-refractivity contribution in [1.29, 1.82) is 0 Å². The van der Waals surface area contributed by atoms with Crippen molar-refractivity contribution in [3.63, 3.8) is 0 Å². The zero-order chi connectivity index (χ0) is 21.0. The average Bonchev–Trinajstić information content (AvgIpc) is 3.06. The van der Waals surface area contributed by atoms with E-state index in [2.05, 4.69) is 29.4 Å². The van der Waals surface area contributed by atoms with Gasteiger partial charge in [0.1, 0.15) is 0 Å². The number of nitrogens with zero attached hydrogens (tertiary/aromatic N) is 3. The molecule has 1 atom stereocenters. The third-order valence-electron chi connectivity index (χ3n) is 4.69. The summed E-state index contributed by atoms with van der Waals surface area (Å²) in [5, 5.41) is 13.4. The number of nitrogens with one attached hydrogen (secondary N) is 1. The van der Waals surface area contributed by atoms with E-state index in [-0.39, 0.29) is 17.9 Å². The first-order valence-electron chi connectivity index (χ1n) is 9.49. The number of rotatable bonds is 7. The maximum atomic E-state index is 12.7. The van der Waals surface area contributed by atoms with E-state index < -0.39 is 0 Å². The van der Waals surface area contributed by atoms with E-state index in [0.29, 0.717) is 5.56 Å². The number of aromatic nitrogens is 3. The van der Waals surface area contributed by atoms with Gasteiger partial charge in [-0.15, -0.1) is 10.2 Å². The Morgan fingerprint density at radius 1 is 1.10 bits per heavy atom. The standard InChI is InChI=1S/C22H25ClN4OS/c1-14(2)19(24-21(28)17-9-5-15(3)6-10-17)20-25-26-22(27(20)4)29-13-16-7-11-18(23)12-8-16/h5-12,14,19H,13H2,1-4H3,(H,24,28)/t19-/m0/s1. The van der Waals surface area contributed by atoms with Gasteiger partial charge in [-0.2, -0.15) is 0 Å². The summed E-state index contributed by atoms with van der Waals surface area (Å²) in [6.07, 6.45) is 0. The highest BCUT2D eigenvalue weighted by Crippen LogP contribution is 2.26. The highest BCUT2D eigenvalue weighted by atomic mass is 35.5. The maximum Gasteiger partial charge on any atom is 0.251 e. The van der Waals surface area contributed by atoms with Crippen LogP contribution in [0.2, 0.25) is 5.02 Å². The molecule has 0 saturated carbocycles. The van der Waals surface area contributed by atoms with E-state index in [0.717, 1.165) is 32.9 Å². The molecular weight excluding hydrogens is 404 g/mol. The molecule has 1 aromatic heterocycles. The molecule has 5 nitrogen and oxygen atoms in total. The Labute approximate surface area is 180 Å². The quantitative estimate of drug-likeness (QED) is 0.525. The second-order valence-corrected chi connectivity index (χ2v) is 8.76. The number of hydrogen-bond donors (Lipinski definition) is 1. The van der Waals surface area contributed by atoms with E-state index in [4.69, 9.17) is 11.6 Å². The van der Waals surface area contributed by atoms with Crippen LogP contribution in [0.5, 0.6) is 0 Å². The van der Waals surface area contributed by atoms with Gasteiger partial charge in [-0.1, -0.05) is 67.0 Å². The Morgan fingerprint density at radius 3 is 2.38 bits per heavy atom. The first-order valence-corrected chi connectivity index (χ1v) is 10.9. The van der Waals surface area contributed by atoms with E-state index in [1.54, 1.807) is 11.8 Å². The molecule has 0 saturated heterocycles. The number of aryl methyl sites for hydroxylation is 1. The van der Waals surface area contributed by atoms with Crippen LogP contribution in [0, 0.1) is 12.8 Å². The summed E-state index contributed by atoms with van der Waals surface area (Å²) < 4.78 is 1.96. The molecule has 0 spiro atoms. The van der Waals surface area contributed by atoms with Crippen molar-refractivity contribution in [3.05, 3.63) is 76.1 Å². The second-order valence-electron chi connectivity index (χ2n) is 7.38. The van der Waals surface area contributed by atoms with Crippen molar-refractivity contribution >= 4 is 29.3 Å². The predicted octanol–water partition coefficient (Wildman–Crippen LogP) is 5.20. The summed E-state index contributed by atoms with van der Waals surface area (Å²) >= 11 is 7.55. The minimum Gasteiger partial charge on any atom is -0.342 e. The molecule has 152 valence electrons. The van der Waals surface area contributed by atoms with Crippen molar-refractivity contribution in [2.45, 2.75) is 37.7 Å². The Balaban J connectivity index is 1.73. The highest BCUT2D eigenvalue weighted by Gasteiger charge is 2.25. The molecule has 3 rings (SSSR count). The lowest BCUT2D eigenvalue weighted by Gasteiger charge is -2.21. The van der Waals surface area contributed by atoms with Gasteiger partial charge in [-0.05, 0) is 42.7 Å². The van der Waals surface area contributed by atoms with Crippen LogP contribution >= 0.6 is 23.4 Å². The number of thioether (sulfide) groups is 1. The predicted molar refractivity (Wildman–Crippen MR) is 118 cm³/mol. The van der Waals surface area contributed by atoms with Crippen LogP contribution in [0.1, 0.15) is 47.2 Å². The van der Waals surface area contributed by atoms with Crippen molar-refractivity contribution in [3.8, 4) is 0 Å². The third-order valence-corrected chi connectivity index (χ3v) is 6.04. The summed E-state index contributed by atoms with van der Waals surface area (Å²) in [7, 11) is 1.94. The molecular formula is C22H25ClN4OS. The summed E-state index contributed by atoms with van der Waals surface area (Å²) in [5.41, 5.74) is 2.93. The van der Waals surface area contributed by atoms with E-state index in [1.807, 2.05) is 67.1 Å². The summed E-state index contributed by atoms with van der Waals surface area (Å²) in [5.74, 6) is 1.58. The maximum absolute atomic E-state index is 12.7. The van der Waals surface area contributed by atoms with Crippen molar-refractivity contribution in [2.24, 2.45) is 13.0 Å². The van der Waals surface area contributed by atoms with E-state index in [1.165, 1.54) is 0 Å². The third kappa shape index (κ3) is 5.40. The number of hydrogen-bond acceptors (Lipinski definition) is 4. The molecule has 3 aromatic rings. The van der Waals surface area contributed by atoms with Crippen LogP contribution in [-0.2, 0) is 12.8 Å². The molecule has 2 aromatic carbocycles. The van der Waals surface area contributed by atoms with Crippen LogP contribution in [0.15, 0.2) is 53.7 Å². The van der Waals surface area contributed by atoms with Gasteiger partial charge in [0, 0.05) is 23.4 Å². The topological polar surface area (TPSA) is 59.8 Å². The summed E-state index contributed by atoms with van der Waals surface area (Å²) in [4.78, 5) is 12.7. The Kier molecular flexibility index (Phi) is 6.98. The SMILES string of the molecule is Cc1ccc(C(=O)N[C@H](c2nnc(SCc3ccc(Cl)cc3)n2C)C(C)C)cc1. The van der Waals surface area contributed by atoms with Gasteiger partial charge in [0.15, 0.2) is 11.0 Å². The first-order chi connectivity index (χ1) is 13.8. The Hall–Kier alpha value is -2.31. The Bertz CT molecular complexity index is 967. The zero-order valence-corrected chi connectivity index (χ0v) is 18.6. The molecule has 0 radical (unpaired) electrons. The summed E-state index contributed by atoms with van der Waals surface area (Å²) in [6, 6.07) is 15.1. The molecule has 1 N–H and O–H groups in total. The Morgan fingerprint density at radius 2 is 1.76 bits per heavy atom. The van der Waals surface area contributed by atoms with Gasteiger partial charge >= 0.3 is 0 Å². The van der Waals surface area contributed by atoms with Gasteiger partial charge in [0.25, 0.3) is 5.91 Å². The molecule has 1 amide bonds. The molecule has 7 heteroatoms. The van der Waals surface area contributed by atoms with E-state index >= 15 is 0 Å². The van der Waals surface area contributed by atoms with Crippen molar-refractivity contribution < 1.29 is 4.79 Å². The van der Waals surface area contributed by atoms with Crippen molar-refractivity contribution in [2.75, 3.05) is 0 Å². The number of carbonyl (C=O) groups excluding carboxylic acids is 1. The number of halogens is 1. The lowest BCUT2D eigenvalue weighted by molar-refractivity contribution is 0.0922. The van der Waals surface area contributed by atoms with E-state index in [9.17, 15) is 4.79 Å². The van der Waals surface area contributed by atoms with Crippen LogP contribution in [-0.4, -0.2) is 20.7 Å². The fourth-order valence-electron chi connectivity index (χ4n) is 2.91. The number of benzene rings is 2. The molecule has 0 aliphatic heterocycles. The normalized spacial score (nSPS) is 12.2. The van der Waals surface area contributed by atoms with Crippen molar-refractivity contribution in [1.82, 2.24) is 20.1 Å². The minimum atomic E-state index is -0.230. The first kappa shape index (κ1) is 21.4. The average molecular weight is 429 g/mol. The highest BCUT2D eigenvalue weighted by molar-refractivity contribution is 7.98. The van der Waals surface area contributed by atoms with Gasteiger partial charge < -0.3 is 9.88 Å². The number of carbonyl (C=O) groups is 1. The lowest BCUT2D eigenvalue weighted by atomic mass is 10.0. The lowest BCUT2D eigenvalue weighted by Crippen LogP contribution is -2.33. The van der Waals surface area contributed by atoms with Gasteiger partial charge in [-0.3, -0.25) is 4.79 Å². The molecule has 0 aliphatic carbocycles. The zero-order valence-electron chi connectivity index (χ0n) is 17.0. The van der Waals surface area contributed by atoms with Gasteiger partial charge in [0.05, 0.1) is 6.04 Å². The molecule has 29 heavy (non-hydrogen) atoms. The van der Waals surface area contributed by atoms with Gasteiger partial charge in [-0.25, -0.2) is 0 Å². The van der Waals surface area contributed by atoms with Gasteiger partial charge in [0.2, 0.25) is 0 Å². The monoisotopic (exact) mass is 428 g/mol. The second kappa shape index (κ2) is 9.46. The largest absolute Gasteiger partial charge is 0.342 e. The molecule has 0 fully saturated rings. The minimum absolute atomic E-state index is 0.109. The fraction of sp³-hybridized carbons (Fsp3) is 0.318.